The van der Waals surface area contributed by atoms with Crippen LogP contribution < -0.4 is 9.47 Å². The molecule has 5 nitrogen and oxygen atoms in total. The molecule has 0 radical (unpaired) electrons. The van der Waals surface area contributed by atoms with Crippen molar-refractivity contribution in [2.45, 2.75) is 83.5 Å². The molecular formula is C90H72O5. The van der Waals surface area contributed by atoms with Gasteiger partial charge in [0.1, 0.15) is 17.1 Å². The molecule has 0 saturated heterocycles. The number of hydrogen-bond acceptors (Lipinski definition) is 5. The fraction of sp³-hybridized carbons (Fsp3) is 0.178. The highest BCUT2D eigenvalue weighted by atomic mass is 16.5. The lowest BCUT2D eigenvalue weighted by atomic mass is 9.65. The largest absolute Gasteiger partial charge is 0.496 e. The van der Waals surface area contributed by atoms with Gasteiger partial charge in [0, 0.05) is 0 Å². The van der Waals surface area contributed by atoms with Gasteiger partial charge in [-0.25, -0.2) is 4.79 Å². The minimum Gasteiger partial charge on any atom is -0.496 e. The zero-order valence-electron chi connectivity index (χ0n) is 55.0. The first kappa shape index (κ1) is 58.2. The number of carbonyl (C=O) groups excluding carboxylic acids is 2. The number of rotatable bonds is 13. The lowest BCUT2D eigenvalue weighted by Crippen LogP contribution is -2.30. The molecule has 5 aliphatic rings. The highest BCUT2D eigenvalue weighted by Crippen LogP contribution is 2.62. The van der Waals surface area contributed by atoms with E-state index in [1.165, 1.54) is 117 Å². The third kappa shape index (κ3) is 8.40. The maximum Gasteiger partial charge on any atom is 0.341 e. The normalized spacial score (nSPS) is 15.7. The van der Waals surface area contributed by atoms with Crippen LogP contribution >= 0.6 is 0 Å². The Bertz CT molecular complexity index is 5170. The van der Waals surface area contributed by atoms with Gasteiger partial charge in [0.25, 0.3) is 0 Å². The number of hydrogen-bond donors (Lipinski definition) is 0. The lowest BCUT2D eigenvalue weighted by Gasteiger charge is -2.37. The number of ether oxygens (including phenoxy) is 3. The number of aryl methyl sites for hydroxylation is 8. The number of fused-ring (bicyclic) bond motifs is 11. The second-order valence-corrected chi connectivity index (χ2v) is 27.2. The fourth-order valence-electron chi connectivity index (χ4n) is 17.3. The van der Waals surface area contributed by atoms with Gasteiger partial charge in [0.15, 0.2) is 5.78 Å². The van der Waals surface area contributed by atoms with Crippen molar-refractivity contribution in [1.29, 1.82) is 0 Å². The molecular weight excluding hydrogens is 1160 g/mol. The molecule has 5 heteroatoms. The van der Waals surface area contributed by atoms with Crippen LogP contribution in [0.4, 0.5) is 0 Å². The molecule has 5 aliphatic carbocycles. The van der Waals surface area contributed by atoms with Crippen LogP contribution in [0.5, 0.6) is 11.5 Å². The Hall–Kier alpha value is -10.6. The van der Waals surface area contributed by atoms with Gasteiger partial charge >= 0.3 is 5.97 Å². The van der Waals surface area contributed by atoms with Crippen LogP contribution in [-0.4, -0.2) is 32.6 Å². The number of methoxy groups -OCH3 is 2. The van der Waals surface area contributed by atoms with Crippen LogP contribution in [-0.2, 0) is 46.7 Å². The van der Waals surface area contributed by atoms with E-state index in [1.807, 2.05) is 31.2 Å². The maximum atomic E-state index is 14.1. The van der Waals surface area contributed by atoms with Crippen molar-refractivity contribution >= 4 is 11.8 Å². The number of esters is 1. The quantitative estimate of drug-likeness (QED) is 0.0850. The van der Waals surface area contributed by atoms with E-state index in [-0.39, 0.29) is 12.4 Å². The summed E-state index contributed by atoms with van der Waals surface area (Å²) >= 11 is 0. The van der Waals surface area contributed by atoms with E-state index in [9.17, 15) is 9.59 Å². The van der Waals surface area contributed by atoms with E-state index in [1.54, 1.807) is 21.1 Å². The van der Waals surface area contributed by atoms with E-state index in [4.69, 9.17) is 14.2 Å². The van der Waals surface area contributed by atoms with Gasteiger partial charge in [-0.2, -0.15) is 0 Å². The van der Waals surface area contributed by atoms with Gasteiger partial charge < -0.3 is 14.2 Å². The summed E-state index contributed by atoms with van der Waals surface area (Å²) in [4.78, 5) is 27.8. The second-order valence-electron chi connectivity index (χ2n) is 27.2. The summed E-state index contributed by atoms with van der Waals surface area (Å²) in [6.45, 7) is 12.3. The van der Waals surface area contributed by atoms with Crippen molar-refractivity contribution in [3.05, 3.63) is 353 Å². The van der Waals surface area contributed by atoms with Gasteiger partial charge in [-0.15, -0.1) is 0 Å². The van der Waals surface area contributed by atoms with Crippen LogP contribution in [0.1, 0.15) is 146 Å². The fourth-order valence-corrected chi connectivity index (χ4v) is 17.3. The molecule has 0 aliphatic heterocycles. The van der Waals surface area contributed by atoms with Gasteiger partial charge in [0.2, 0.25) is 0 Å². The average Bonchev–Trinajstić information content (AvgIpc) is 1.57. The predicted octanol–water partition coefficient (Wildman–Crippen LogP) is 19.9. The van der Waals surface area contributed by atoms with Gasteiger partial charge in [-0.3, -0.25) is 4.79 Å². The molecule has 17 rings (SSSR count). The summed E-state index contributed by atoms with van der Waals surface area (Å²) in [5.41, 5.74) is 34.6. The summed E-state index contributed by atoms with van der Waals surface area (Å²) in [6, 6.07) is 87.5. The van der Waals surface area contributed by atoms with E-state index in [2.05, 4.69) is 234 Å². The molecule has 1 atom stereocenters. The SMILES string of the molecule is CCOC(=O)c1cc(C2(c3ccc(OC)c(C(C)=O)c3)c3cc(C)ccc3-c3ccc(-c4ccc5c(c4)C(c4ccc(C)cc4)(c4ccc(C)cc4)c4cc(-c6ccc7c(c6)C(c6ccc8c(c6)CC8)(c6ccc8c(c6)CC8)c6cc(C)ccc6-7)ccc4-5)cc32)ccc1OC. The predicted molar refractivity (Wildman–Crippen MR) is 382 cm³/mol. The highest BCUT2D eigenvalue weighted by Gasteiger charge is 2.51. The molecule has 95 heavy (non-hydrogen) atoms. The molecule has 0 bridgehead atoms. The molecule has 0 saturated carbocycles. The summed E-state index contributed by atoms with van der Waals surface area (Å²) in [7, 11) is 3.18. The molecule has 1 unspecified atom stereocenters. The smallest absolute Gasteiger partial charge is 0.341 e. The van der Waals surface area contributed by atoms with Crippen molar-refractivity contribution < 1.29 is 23.8 Å². The Labute approximate surface area is 556 Å². The molecule has 462 valence electrons. The van der Waals surface area contributed by atoms with E-state index in [0.29, 0.717) is 22.6 Å². The lowest BCUT2D eigenvalue weighted by molar-refractivity contribution is 0.0522. The van der Waals surface area contributed by atoms with Crippen LogP contribution in [0.3, 0.4) is 0 Å². The zero-order valence-corrected chi connectivity index (χ0v) is 55.0. The molecule has 12 aromatic carbocycles. The number of benzene rings is 12. The van der Waals surface area contributed by atoms with Crippen molar-refractivity contribution in [2.24, 2.45) is 0 Å². The third-order valence-electron chi connectivity index (χ3n) is 22.1. The minimum absolute atomic E-state index is 0.116. The molecule has 12 aromatic rings. The molecule has 0 amide bonds. The average molecular weight is 1230 g/mol. The number of carbonyl (C=O) groups is 2. The maximum absolute atomic E-state index is 14.1. The standard InChI is InChI=1S/C90H72O5/c1-9-95-87(92)78-51-70(33-41-86(78)94-8)90(69-32-40-85(93-7)77(50-69)56(6)91)80-43-55(5)15-35-72(80)74-37-23-64(49-84(74)90)62-25-39-76-75-38-24-61(46-81(75)88(82(76)47-62,65-26-10-52(2)11-27-65)66-28-12-53(3)13-29-66)63-22-36-73-71-34-14-54(4)42-79(71)89(83(73)48-63,67-30-20-57-16-18-59(57)44-67)68-31-21-58-17-19-60(58)45-68/h10-15,20-51H,9,16-19H2,1-8H3. The third-order valence-corrected chi connectivity index (χ3v) is 22.1. The summed E-state index contributed by atoms with van der Waals surface area (Å²) in [5, 5.41) is 0. The van der Waals surface area contributed by atoms with Gasteiger partial charge in [0.05, 0.1) is 42.6 Å². The Morgan fingerprint density at radius 2 is 0.632 bits per heavy atom. The summed E-state index contributed by atoms with van der Waals surface area (Å²) in [6.07, 6.45) is 4.51. The number of ketones is 1. The van der Waals surface area contributed by atoms with Gasteiger partial charge in [-0.1, -0.05) is 204 Å². The topological polar surface area (TPSA) is 61.8 Å². The van der Waals surface area contributed by atoms with Crippen molar-refractivity contribution in [3.63, 3.8) is 0 Å². The summed E-state index contributed by atoms with van der Waals surface area (Å²) in [5.74, 6) is 0.312. The molecule has 0 aromatic heterocycles. The minimum atomic E-state index is -1.05. The highest BCUT2D eigenvalue weighted by molar-refractivity contribution is 5.99. The first-order valence-corrected chi connectivity index (χ1v) is 33.5. The summed E-state index contributed by atoms with van der Waals surface area (Å²) < 4.78 is 17.5. The van der Waals surface area contributed by atoms with Crippen LogP contribution in [0.15, 0.2) is 231 Å². The Balaban J connectivity index is 0.885. The Morgan fingerprint density at radius 1 is 0.326 bits per heavy atom. The molecule has 0 heterocycles. The second kappa shape index (κ2) is 21.7. The first-order valence-electron chi connectivity index (χ1n) is 33.5. The molecule has 0 fully saturated rings. The zero-order chi connectivity index (χ0) is 64.8. The first-order chi connectivity index (χ1) is 46.2. The van der Waals surface area contributed by atoms with E-state index < -0.39 is 22.2 Å². The Kier molecular flexibility index (Phi) is 13.3. The van der Waals surface area contributed by atoms with Crippen LogP contribution in [0, 0.1) is 27.7 Å². The number of Topliss-reactive ketones (excluding diaryl/α,β-unsaturated/α-hetero) is 1. The Morgan fingerprint density at radius 3 is 0.979 bits per heavy atom. The van der Waals surface area contributed by atoms with Crippen molar-refractivity contribution in [3.8, 4) is 67.1 Å². The molecule has 0 spiro atoms. The van der Waals surface area contributed by atoms with E-state index >= 15 is 0 Å². The van der Waals surface area contributed by atoms with Crippen LogP contribution in [0.2, 0.25) is 0 Å². The van der Waals surface area contributed by atoms with Crippen molar-refractivity contribution in [2.75, 3.05) is 20.8 Å². The monoisotopic (exact) mass is 1230 g/mol. The van der Waals surface area contributed by atoms with Crippen molar-refractivity contribution in [1.82, 2.24) is 0 Å². The van der Waals surface area contributed by atoms with E-state index in [0.717, 1.165) is 75.8 Å². The van der Waals surface area contributed by atoms with Gasteiger partial charge in [-0.05, 0) is 260 Å². The molecule has 0 N–H and O–H groups in total. The van der Waals surface area contributed by atoms with Crippen LogP contribution in [0.25, 0.3) is 55.6 Å².